The van der Waals surface area contributed by atoms with Gasteiger partial charge < -0.3 is 10.1 Å². The molecule has 1 aromatic heterocycles. The van der Waals surface area contributed by atoms with Crippen molar-refractivity contribution in [2.24, 2.45) is 0 Å². The maximum Gasteiger partial charge on any atom is 0.338 e. The second kappa shape index (κ2) is 8.41. The second-order valence-electron chi connectivity index (χ2n) is 5.69. The molecule has 0 spiro atoms. The van der Waals surface area contributed by atoms with Gasteiger partial charge in [0.25, 0.3) is 5.91 Å². The van der Waals surface area contributed by atoms with Gasteiger partial charge in [-0.25, -0.2) is 9.48 Å². The van der Waals surface area contributed by atoms with Crippen molar-refractivity contribution in [2.75, 3.05) is 6.61 Å². The van der Waals surface area contributed by atoms with E-state index in [0.29, 0.717) is 16.3 Å². The molecule has 0 aliphatic rings. The highest BCUT2D eigenvalue weighted by molar-refractivity contribution is 6.31. The van der Waals surface area contributed by atoms with Crippen LogP contribution in [0.15, 0.2) is 54.9 Å². The van der Waals surface area contributed by atoms with Gasteiger partial charge in [-0.05, 0) is 53.2 Å². The van der Waals surface area contributed by atoms with E-state index < -0.39 is 11.9 Å². The van der Waals surface area contributed by atoms with Crippen LogP contribution in [0.1, 0.15) is 28.9 Å². The van der Waals surface area contributed by atoms with Crippen molar-refractivity contribution in [2.45, 2.75) is 13.0 Å². The third kappa shape index (κ3) is 4.68. The van der Waals surface area contributed by atoms with Gasteiger partial charge in [-0.2, -0.15) is 0 Å². The van der Waals surface area contributed by atoms with Gasteiger partial charge in [0, 0.05) is 5.02 Å². The molecule has 0 bridgehead atoms. The van der Waals surface area contributed by atoms with Gasteiger partial charge in [0.15, 0.2) is 6.61 Å². The first kappa shape index (κ1) is 18.5. The second-order valence-corrected chi connectivity index (χ2v) is 6.10. The van der Waals surface area contributed by atoms with Crippen LogP contribution in [-0.4, -0.2) is 38.7 Å². The van der Waals surface area contributed by atoms with Crippen LogP contribution in [0.5, 0.6) is 0 Å². The number of benzene rings is 2. The molecule has 1 atom stereocenters. The lowest BCUT2D eigenvalue weighted by atomic mass is 10.1. The molecule has 0 radical (unpaired) electrons. The van der Waals surface area contributed by atoms with Crippen LogP contribution in [-0.2, 0) is 9.53 Å². The van der Waals surface area contributed by atoms with Crippen LogP contribution < -0.4 is 5.32 Å². The third-order valence-corrected chi connectivity index (χ3v) is 4.14. The lowest BCUT2D eigenvalue weighted by Gasteiger charge is -2.15. The molecule has 0 saturated heterocycles. The van der Waals surface area contributed by atoms with Crippen LogP contribution in [0.2, 0.25) is 5.02 Å². The Morgan fingerprint density at radius 1 is 1.19 bits per heavy atom. The number of hydrogen-bond acceptors (Lipinski definition) is 6. The van der Waals surface area contributed by atoms with E-state index in [1.807, 2.05) is 18.2 Å². The summed E-state index contributed by atoms with van der Waals surface area (Å²) in [6, 6.07) is 13.4. The SMILES string of the molecule is C[C@@H](NC(=O)COC(=O)c1ccc(-n2cnnn2)cc1)c1ccccc1Cl. The monoisotopic (exact) mass is 385 g/mol. The summed E-state index contributed by atoms with van der Waals surface area (Å²) in [7, 11) is 0. The molecule has 1 N–H and O–H groups in total. The number of aromatic nitrogens is 4. The Balaban J connectivity index is 1.52. The van der Waals surface area contributed by atoms with Gasteiger partial charge in [0.05, 0.1) is 17.3 Å². The maximum atomic E-state index is 12.1. The molecular weight excluding hydrogens is 370 g/mol. The number of ether oxygens (including phenoxy) is 1. The molecule has 3 aromatic rings. The van der Waals surface area contributed by atoms with Crippen molar-refractivity contribution < 1.29 is 14.3 Å². The highest BCUT2D eigenvalue weighted by Crippen LogP contribution is 2.21. The van der Waals surface area contributed by atoms with E-state index >= 15 is 0 Å². The van der Waals surface area contributed by atoms with Gasteiger partial charge >= 0.3 is 5.97 Å². The molecule has 0 saturated carbocycles. The first-order valence-electron chi connectivity index (χ1n) is 8.09. The summed E-state index contributed by atoms with van der Waals surface area (Å²) in [5.74, 6) is -1.01. The fourth-order valence-electron chi connectivity index (χ4n) is 2.43. The molecule has 1 amide bonds. The Bertz CT molecular complexity index is 928. The smallest absolute Gasteiger partial charge is 0.338 e. The molecule has 9 heteroatoms. The quantitative estimate of drug-likeness (QED) is 0.654. The largest absolute Gasteiger partial charge is 0.452 e. The van der Waals surface area contributed by atoms with Crippen LogP contribution in [0.3, 0.4) is 0 Å². The van der Waals surface area contributed by atoms with E-state index in [0.717, 1.165) is 5.56 Å². The molecule has 0 aliphatic carbocycles. The Kier molecular flexibility index (Phi) is 5.77. The van der Waals surface area contributed by atoms with Crippen LogP contribution in [0.4, 0.5) is 0 Å². The Morgan fingerprint density at radius 2 is 1.93 bits per heavy atom. The number of carbonyl (C=O) groups is 2. The lowest BCUT2D eigenvalue weighted by Crippen LogP contribution is -2.31. The number of nitrogens with one attached hydrogen (secondary N) is 1. The zero-order chi connectivity index (χ0) is 19.2. The average Bonchev–Trinajstić information content (AvgIpc) is 3.21. The van der Waals surface area contributed by atoms with Crippen LogP contribution >= 0.6 is 11.6 Å². The standard InChI is InChI=1S/C18H16ClN5O3/c1-12(15-4-2-3-5-16(15)19)21-17(25)10-27-18(26)13-6-8-14(9-7-13)24-11-20-22-23-24/h2-9,11-12H,10H2,1H3,(H,21,25)/t12-/m1/s1. The topological polar surface area (TPSA) is 99.0 Å². The van der Waals surface area contributed by atoms with Gasteiger partial charge in [-0.1, -0.05) is 29.8 Å². The van der Waals surface area contributed by atoms with E-state index in [4.69, 9.17) is 16.3 Å². The predicted molar refractivity (Wildman–Crippen MR) is 97.4 cm³/mol. The number of nitrogens with zero attached hydrogens (tertiary/aromatic N) is 4. The van der Waals surface area contributed by atoms with Crippen LogP contribution in [0, 0.1) is 0 Å². The van der Waals surface area contributed by atoms with Crippen molar-refractivity contribution in [1.29, 1.82) is 0 Å². The first-order chi connectivity index (χ1) is 13.0. The molecule has 138 valence electrons. The molecule has 0 aliphatic heterocycles. The zero-order valence-electron chi connectivity index (χ0n) is 14.4. The first-order valence-corrected chi connectivity index (χ1v) is 8.46. The number of carbonyl (C=O) groups excluding carboxylic acids is 2. The average molecular weight is 386 g/mol. The predicted octanol–water partition coefficient (Wildman–Crippen LogP) is 2.35. The number of rotatable bonds is 6. The number of hydrogen-bond donors (Lipinski definition) is 1. The number of esters is 1. The zero-order valence-corrected chi connectivity index (χ0v) is 15.1. The summed E-state index contributed by atoms with van der Waals surface area (Å²) in [5, 5.41) is 14.1. The van der Waals surface area contributed by atoms with Gasteiger partial charge in [-0.3, -0.25) is 4.79 Å². The normalized spacial score (nSPS) is 11.6. The summed E-state index contributed by atoms with van der Waals surface area (Å²) >= 11 is 6.11. The van der Waals surface area contributed by atoms with Crippen molar-refractivity contribution in [1.82, 2.24) is 25.5 Å². The van der Waals surface area contributed by atoms with Crippen molar-refractivity contribution >= 4 is 23.5 Å². The molecule has 0 unspecified atom stereocenters. The number of tetrazole rings is 1. The minimum Gasteiger partial charge on any atom is -0.452 e. The van der Waals surface area contributed by atoms with Crippen LogP contribution in [0.25, 0.3) is 5.69 Å². The fourth-order valence-corrected chi connectivity index (χ4v) is 2.73. The Morgan fingerprint density at radius 3 is 2.59 bits per heavy atom. The third-order valence-electron chi connectivity index (χ3n) is 3.80. The number of halogens is 1. The maximum absolute atomic E-state index is 12.1. The summed E-state index contributed by atoms with van der Waals surface area (Å²) < 4.78 is 6.51. The highest BCUT2D eigenvalue weighted by atomic mass is 35.5. The summed E-state index contributed by atoms with van der Waals surface area (Å²) in [6.45, 7) is 1.42. The van der Waals surface area contributed by atoms with E-state index in [1.165, 1.54) is 11.0 Å². The minimum atomic E-state index is -0.598. The van der Waals surface area contributed by atoms with Crippen molar-refractivity contribution in [3.63, 3.8) is 0 Å². The van der Waals surface area contributed by atoms with E-state index in [9.17, 15) is 9.59 Å². The van der Waals surface area contributed by atoms with Gasteiger partial charge in [0.1, 0.15) is 6.33 Å². The highest BCUT2D eigenvalue weighted by Gasteiger charge is 2.15. The Labute approximate surface area is 160 Å². The molecule has 3 rings (SSSR count). The summed E-state index contributed by atoms with van der Waals surface area (Å²) in [6.07, 6.45) is 1.44. The van der Waals surface area contributed by atoms with E-state index in [1.54, 1.807) is 37.3 Å². The summed E-state index contributed by atoms with van der Waals surface area (Å²) in [5.41, 5.74) is 1.80. The van der Waals surface area contributed by atoms with Gasteiger partial charge in [0.2, 0.25) is 0 Å². The van der Waals surface area contributed by atoms with Crippen molar-refractivity contribution in [3.8, 4) is 5.69 Å². The Hall–Kier alpha value is -3.26. The minimum absolute atomic E-state index is 0.305. The fraction of sp³-hybridized carbons (Fsp3) is 0.167. The molecule has 8 nitrogen and oxygen atoms in total. The van der Waals surface area contributed by atoms with E-state index in [-0.39, 0.29) is 12.6 Å². The molecule has 1 heterocycles. The molecule has 27 heavy (non-hydrogen) atoms. The molecule has 0 fully saturated rings. The number of amides is 1. The molecule has 2 aromatic carbocycles. The van der Waals surface area contributed by atoms with E-state index in [2.05, 4.69) is 20.8 Å². The van der Waals surface area contributed by atoms with Gasteiger partial charge in [-0.15, -0.1) is 5.10 Å². The van der Waals surface area contributed by atoms with Crippen molar-refractivity contribution in [3.05, 3.63) is 71.0 Å². The molecular formula is C18H16ClN5O3. The lowest BCUT2D eigenvalue weighted by molar-refractivity contribution is -0.124. The summed E-state index contributed by atoms with van der Waals surface area (Å²) in [4.78, 5) is 24.1.